The largest absolute Gasteiger partial charge is 0.496 e. The number of hydrogen-bond acceptors (Lipinski definition) is 2. The first-order chi connectivity index (χ1) is 9.26. The fourth-order valence-corrected chi connectivity index (χ4v) is 3.16. The Balaban J connectivity index is 2.26. The highest BCUT2D eigenvalue weighted by atomic mass is 79.9. The molecule has 1 aliphatic rings. The van der Waals surface area contributed by atoms with Gasteiger partial charge in [-0.05, 0) is 46.8 Å². The molecule has 0 aliphatic heterocycles. The second-order valence-corrected chi connectivity index (χ2v) is 5.81. The van der Waals surface area contributed by atoms with Gasteiger partial charge in [0, 0.05) is 0 Å². The highest BCUT2D eigenvalue weighted by Crippen LogP contribution is 2.37. The van der Waals surface area contributed by atoms with Crippen LogP contribution < -0.4 is 9.47 Å². The molecular formula is C16H21BrO2. The van der Waals surface area contributed by atoms with Crippen molar-refractivity contribution in [2.45, 2.75) is 32.1 Å². The summed E-state index contributed by atoms with van der Waals surface area (Å²) in [6.45, 7) is 0. The van der Waals surface area contributed by atoms with E-state index in [9.17, 15) is 0 Å². The van der Waals surface area contributed by atoms with Crippen LogP contribution in [0.25, 0.3) is 6.08 Å². The second kappa shape index (κ2) is 6.99. The van der Waals surface area contributed by atoms with Gasteiger partial charge in [-0.2, -0.15) is 0 Å². The number of hydrogen-bond donors (Lipinski definition) is 0. The number of ether oxygens (including phenoxy) is 2. The number of rotatable bonds is 4. The Morgan fingerprint density at radius 3 is 2.47 bits per heavy atom. The zero-order valence-corrected chi connectivity index (χ0v) is 13.2. The summed E-state index contributed by atoms with van der Waals surface area (Å²) in [5.74, 6) is 2.39. The van der Waals surface area contributed by atoms with E-state index in [1.165, 1.54) is 32.1 Å². The fraction of sp³-hybridized carbons (Fsp3) is 0.500. The van der Waals surface area contributed by atoms with Crippen LogP contribution in [0.5, 0.6) is 11.5 Å². The third-order valence-electron chi connectivity index (χ3n) is 3.72. The van der Waals surface area contributed by atoms with E-state index < -0.39 is 0 Å². The van der Waals surface area contributed by atoms with Gasteiger partial charge in [0.1, 0.15) is 11.5 Å². The van der Waals surface area contributed by atoms with Gasteiger partial charge in [-0.1, -0.05) is 31.4 Å². The average molecular weight is 325 g/mol. The molecule has 3 heteroatoms. The molecule has 2 rings (SSSR count). The van der Waals surface area contributed by atoms with E-state index in [0.717, 1.165) is 21.5 Å². The highest BCUT2D eigenvalue weighted by Gasteiger charge is 2.13. The van der Waals surface area contributed by atoms with E-state index in [1.54, 1.807) is 14.2 Å². The van der Waals surface area contributed by atoms with Crippen LogP contribution in [0.1, 0.15) is 37.7 Å². The Morgan fingerprint density at radius 2 is 1.84 bits per heavy atom. The smallest absolute Gasteiger partial charge is 0.143 e. The maximum absolute atomic E-state index is 5.48. The predicted octanol–water partition coefficient (Wildman–Crippen LogP) is 5.06. The van der Waals surface area contributed by atoms with Gasteiger partial charge in [-0.25, -0.2) is 0 Å². The van der Waals surface area contributed by atoms with Crippen LogP contribution >= 0.6 is 15.9 Å². The monoisotopic (exact) mass is 324 g/mol. The zero-order valence-electron chi connectivity index (χ0n) is 11.6. The van der Waals surface area contributed by atoms with Crippen LogP contribution in [0.2, 0.25) is 0 Å². The maximum Gasteiger partial charge on any atom is 0.143 e. The summed E-state index contributed by atoms with van der Waals surface area (Å²) in [6.07, 6.45) is 11.1. The molecule has 0 atom stereocenters. The molecule has 1 aromatic rings. The Morgan fingerprint density at radius 1 is 1.11 bits per heavy atom. The van der Waals surface area contributed by atoms with Gasteiger partial charge in [-0.15, -0.1) is 0 Å². The molecule has 0 spiro atoms. The van der Waals surface area contributed by atoms with Gasteiger partial charge in [0.15, 0.2) is 0 Å². The molecule has 0 bridgehead atoms. The first kappa shape index (κ1) is 14.4. The van der Waals surface area contributed by atoms with Crippen molar-refractivity contribution in [1.82, 2.24) is 0 Å². The van der Waals surface area contributed by atoms with Crippen molar-refractivity contribution in [1.29, 1.82) is 0 Å². The van der Waals surface area contributed by atoms with Crippen molar-refractivity contribution in [2.24, 2.45) is 5.92 Å². The van der Waals surface area contributed by atoms with E-state index in [2.05, 4.69) is 28.1 Å². The molecule has 0 aromatic heterocycles. The molecule has 19 heavy (non-hydrogen) atoms. The Kier molecular flexibility index (Phi) is 5.32. The third kappa shape index (κ3) is 3.53. The van der Waals surface area contributed by atoms with Crippen molar-refractivity contribution in [3.05, 3.63) is 28.2 Å². The zero-order chi connectivity index (χ0) is 13.7. The van der Waals surface area contributed by atoms with E-state index >= 15 is 0 Å². The van der Waals surface area contributed by atoms with Crippen LogP contribution in [0.15, 0.2) is 22.7 Å². The molecule has 1 saturated carbocycles. The van der Waals surface area contributed by atoms with E-state index in [0.29, 0.717) is 5.92 Å². The van der Waals surface area contributed by atoms with E-state index in [4.69, 9.17) is 9.47 Å². The Labute approximate surface area is 123 Å². The van der Waals surface area contributed by atoms with Crippen molar-refractivity contribution in [3.63, 3.8) is 0 Å². The summed E-state index contributed by atoms with van der Waals surface area (Å²) in [7, 11) is 3.39. The lowest BCUT2D eigenvalue weighted by atomic mass is 9.88. The third-order valence-corrected chi connectivity index (χ3v) is 4.34. The van der Waals surface area contributed by atoms with Crippen molar-refractivity contribution in [3.8, 4) is 11.5 Å². The predicted molar refractivity (Wildman–Crippen MR) is 82.9 cm³/mol. The SMILES string of the molecule is COc1ccc(Br)c(OC)c1/C=C/C1CCCCC1. The topological polar surface area (TPSA) is 18.5 Å². The molecule has 1 fully saturated rings. The van der Waals surface area contributed by atoms with E-state index in [1.807, 2.05) is 12.1 Å². The fourth-order valence-electron chi connectivity index (χ4n) is 2.66. The van der Waals surface area contributed by atoms with Gasteiger partial charge in [0.05, 0.1) is 24.3 Å². The average Bonchev–Trinajstić information content (AvgIpc) is 2.46. The molecule has 0 radical (unpaired) electrons. The maximum atomic E-state index is 5.48. The summed E-state index contributed by atoms with van der Waals surface area (Å²) < 4.78 is 11.9. The van der Waals surface area contributed by atoms with Gasteiger partial charge < -0.3 is 9.47 Å². The van der Waals surface area contributed by atoms with Crippen LogP contribution in [-0.4, -0.2) is 14.2 Å². The summed E-state index contributed by atoms with van der Waals surface area (Å²) in [6, 6.07) is 3.92. The van der Waals surface area contributed by atoms with Crippen LogP contribution in [-0.2, 0) is 0 Å². The highest BCUT2D eigenvalue weighted by molar-refractivity contribution is 9.10. The second-order valence-electron chi connectivity index (χ2n) is 4.95. The Hall–Kier alpha value is -0.960. The molecule has 0 saturated heterocycles. The lowest BCUT2D eigenvalue weighted by Crippen LogP contribution is -2.02. The number of allylic oxidation sites excluding steroid dienone is 1. The first-order valence-corrected chi connectivity index (χ1v) is 7.64. The number of halogens is 1. The van der Waals surface area contributed by atoms with Crippen molar-refractivity contribution in [2.75, 3.05) is 14.2 Å². The molecule has 1 aromatic carbocycles. The molecule has 0 amide bonds. The molecule has 1 aliphatic carbocycles. The van der Waals surface area contributed by atoms with Crippen molar-refractivity contribution < 1.29 is 9.47 Å². The summed E-state index contributed by atoms with van der Waals surface area (Å²) in [4.78, 5) is 0. The van der Waals surface area contributed by atoms with Crippen LogP contribution in [0.3, 0.4) is 0 Å². The van der Waals surface area contributed by atoms with Gasteiger partial charge >= 0.3 is 0 Å². The van der Waals surface area contributed by atoms with E-state index in [-0.39, 0.29) is 0 Å². The molecule has 104 valence electrons. The standard InChI is InChI=1S/C16H21BrO2/c1-18-15-11-10-14(17)16(19-2)13(15)9-8-12-6-4-3-5-7-12/h8-12H,3-7H2,1-2H3/b9-8+. The van der Waals surface area contributed by atoms with Gasteiger partial charge in [-0.3, -0.25) is 0 Å². The van der Waals surface area contributed by atoms with Crippen LogP contribution in [0, 0.1) is 5.92 Å². The van der Waals surface area contributed by atoms with Crippen molar-refractivity contribution >= 4 is 22.0 Å². The molecule has 0 heterocycles. The number of methoxy groups -OCH3 is 2. The van der Waals surface area contributed by atoms with Gasteiger partial charge in [0.25, 0.3) is 0 Å². The summed E-state index contributed by atoms with van der Waals surface area (Å²) in [5, 5.41) is 0. The minimum Gasteiger partial charge on any atom is -0.496 e. The Bertz CT molecular complexity index is 448. The first-order valence-electron chi connectivity index (χ1n) is 6.85. The minimum absolute atomic E-state index is 0.696. The molecular weight excluding hydrogens is 304 g/mol. The van der Waals surface area contributed by atoms with Gasteiger partial charge in [0.2, 0.25) is 0 Å². The molecule has 2 nitrogen and oxygen atoms in total. The lowest BCUT2D eigenvalue weighted by Gasteiger charge is -2.18. The minimum atomic E-state index is 0.696. The number of benzene rings is 1. The normalized spacial score (nSPS) is 16.8. The van der Waals surface area contributed by atoms with Crippen LogP contribution in [0.4, 0.5) is 0 Å². The molecule has 0 unspecified atom stereocenters. The molecule has 0 N–H and O–H groups in total. The lowest BCUT2D eigenvalue weighted by molar-refractivity contribution is 0.390. The summed E-state index contributed by atoms with van der Waals surface area (Å²) in [5.41, 5.74) is 1.02. The quantitative estimate of drug-likeness (QED) is 0.770. The summed E-state index contributed by atoms with van der Waals surface area (Å²) >= 11 is 3.52.